The van der Waals surface area contributed by atoms with Crippen molar-refractivity contribution >= 4 is 11.5 Å². The number of fused-ring (bicyclic) bond motifs is 1. The largest absolute Gasteiger partial charge is 0.352 e. The van der Waals surface area contributed by atoms with Crippen molar-refractivity contribution in [3.8, 4) is 0 Å². The fraction of sp³-hybridized carbons (Fsp3) is 0.600. The smallest absolute Gasteiger partial charge is 0.157 e. The molecule has 1 N–H and O–H groups in total. The highest BCUT2D eigenvalue weighted by Crippen LogP contribution is 2.23. The Hall–Kier alpha value is -1.62. The van der Waals surface area contributed by atoms with Gasteiger partial charge < -0.3 is 10.2 Å². The van der Waals surface area contributed by atoms with Crippen molar-refractivity contribution < 1.29 is 0 Å². The minimum Gasteiger partial charge on any atom is -0.352 e. The molecule has 0 bridgehead atoms. The molecule has 108 valence electrons. The summed E-state index contributed by atoms with van der Waals surface area (Å²) in [5.74, 6) is 1.08. The first-order valence-corrected chi connectivity index (χ1v) is 7.66. The number of aromatic nitrogens is 3. The maximum Gasteiger partial charge on any atom is 0.157 e. The molecular weight excluding hydrogens is 250 g/mol. The Morgan fingerprint density at radius 2 is 2.30 bits per heavy atom. The third kappa shape index (κ3) is 2.77. The highest BCUT2D eigenvalue weighted by atomic mass is 15.3. The molecule has 2 aromatic heterocycles. The van der Waals surface area contributed by atoms with Crippen LogP contribution >= 0.6 is 0 Å². The molecule has 1 atom stereocenters. The van der Waals surface area contributed by atoms with Crippen LogP contribution in [0, 0.1) is 0 Å². The summed E-state index contributed by atoms with van der Waals surface area (Å²) in [6, 6.07) is 4.60. The molecule has 0 radical (unpaired) electrons. The van der Waals surface area contributed by atoms with E-state index in [9.17, 15) is 0 Å². The van der Waals surface area contributed by atoms with Gasteiger partial charge in [-0.15, -0.1) is 0 Å². The zero-order valence-corrected chi connectivity index (χ0v) is 12.1. The van der Waals surface area contributed by atoms with Gasteiger partial charge in [0.25, 0.3) is 0 Å². The number of hydrogen-bond acceptors (Lipinski definition) is 4. The summed E-state index contributed by atoms with van der Waals surface area (Å²) in [6.45, 7) is 5.47. The quantitative estimate of drug-likeness (QED) is 0.847. The lowest BCUT2D eigenvalue weighted by Gasteiger charge is -2.36. The molecule has 1 fully saturated rings. The molecule has 1 unspecified atom stereocenters. The Bertz CT molecular complexity index is 550. The first-order chi connectivity index (χ1) is 9.88. The van der Waals surface area contributed by atoms with E-state index >= 15 is 0 Å². The van der Waals surface area contributed by atoms with Crippen molar-refractivity contribution in [3.63, 3.8) is 0 Å². The average Bonchev–Trinajstić information content (AvgIpc) is 2.95. The second-order valence-electron chi connectivity index (χ2n) is 5.47. The van der Waals surface area contributed by atoms with Gasteiger partial charge in [-0.05, 0) is 38.3 Å². The van der Waals surface area contributed by atoms with Gasteiger partial charge in [-0.1, -0.05) is 6.92 Å². The highest BCUT2D eigenvalue weighted by Gasteiger charge is 2.23. The van der Waals surface area contributed by atoms with Gasteiger partial charge >= 0.3 is 0 Å². The van der Waals surface area contributed by atoms with Gasteiger partial charge in [-0.2, -0.15) is 5.10 Å². The number of nitrogens with one attached hydrogen (secondary N) is 1. The van der Waals surface area contributed by atoms with Crippen molar-refractivity contribution in [2.24, 2.45) is 0 Å². The molecular formula is C15H23N5. The predicted octanol–water partition coefficient (Wildman–Crippen LogP) is 2.09. The molecule has 0 aromatic carbocycles. The van der Waals surface area contributed by atoms with Crippen molar-refractivity contribution in [3.05, 3.63) is 24.5 Å². The van der Waals surface area contributed by atoms with E-state index in [-0.39, 0.29) is 0 Å². The first kappa shape index (κ1) is 13.4. The fourth-order valence-electron chi connectivity index (χ4n) is 2.92. The zero-order chi connectivity index (χ0) is 13.8. The van der Waals surface area contributed by atoms with E-state index in [2.05, 4.69) is 28.3 Å². The first-order valence-electron chi connectivity index (χ1n) is 7.66. The lowest BCUT2D eigenvalue weighted by molar-refractivity contribution is 0.433. The summed E-state index contributed by atoms with van der Waals surface area (Å²) < 4.78 is 1.82. The Morgan fingerprint density at radius 3 is 3.20 bits per heavy atom. The number of rotatable bonds is 5. The lowest BCUT2D eigenvalue weighted by atomic mass is 10.0. The molecule has 1 saturated heterocycles. The summed E-state index contributed by atoms with van der Waals surface area (Å²) in [5.41, 5.74) is 0.924. The van der Waals surface area contributed by atoms with Crippen LogP contribution in [0.5, 0.6) is 0 Å². The predicted molar refractivity (Wildman–Crippen MR) is 81.1 cm³/mol. The lowest BCUT2D eigenvalue weighted by Crippen LogP contribution is -2.46. The van der Waals surface area contributed by atoms with E-state index in [1.165, 1.54) is 25.7 Å². The molecule has 5 nitrogen and oxygen atoms in total. The van der Waals surface area contributed by atoms with Gasteiger partial charge in [0.2, 0.25) is 0 Å². The maximum atomic E-state index is 4.74. The third-order valence-corrected chi connectivity index (χ3v) is 3.97. The van der Waals surface area contributed by atoms with Crippen LogP contribution in [0.2, 0.25) is 0 Å². The molecule has 0 amide bonds. The normalized spacial score (nSPS) is 19.6. The molecule has 1 aliphatic rings. The van der Waals surface area contributed by atoms with E-state index in [4.69, 9.17) is 4.98 Å². The van der Waals surface area contributed by atoms with Gasteiger partial charge in [0, 0.05) is 31.4 Å². The Kier molecular flexibility index (Phi) is 4.16. The average molecular weight is 273 g/mol. The molecule has 0 saturated carbocycles. The van der Waals surface area contributed by atoms with Crippen molar-refractivity contribution in [2.75, 3.05) is 24.5 Å². The Morgan fingerprint density at radius 1 is 1.35 bits per heavy atom. The summed E-state index contributed by atoms with van der Waals surface area (Å²) in [4.78, 5) is 7.19. The minimum absolute atomic E-state index is 0.563. The fourth-order valence-corrected chi connectivity index (χ4v) is 2.92. The molecule has 3 rings (SSSR count). The zero-order valence-electron chi connectivity index (χ0n) is 12.1. The number of nitrogens with zero attached hydrogens (tertiary/aromatic N) is 4. The van der Waals surface area contributed by atoms with Crippen LogP contribution in [0.3, 0.4) is 0 Å². The minimum atomic E-state index is 0.563. The Balaban J connectivity index is 1.77. The van der Waals surface area contributed by atoms with Crippen LogP contribution in [0.1, 0.15) is 32.6 Å². The number of anilines is 1. The van der Waals surface area contributed by atoms with Crippen molar-refractivity contribution in [1.82, 2.24) is 19.9 Å². The van der Waals surface area contributed by atoms with Crippen molar-refractivity contribution in [1.29, 1.82) is 0 Å². The van der Waals surface area contributed by atoms with E-state index in [0.717, 1.165) is 31.1 Å². The van der Waals surface area contributed by atoms with Gasteiger partial charge in [-0.25, -0.2) is 9.50 Å². The molecule has 3 heterocycles. The van der Waals surface area contributed by atoms with Crippen LogP contribution in [0.15, 0.2) is 24.5 Å². The van der Waals surface area contributed by atoms with Crippen LogP contribution in [-0.2, 0) is 0 Å². The second-order valence-corrected chi connectivity index (χ2v) is 5.47. The van der Waals surface area contributed by atoms with Crippen LogP contribution in [0.4, 0.5) is 5.82 Å². The standard InChI is InChI=1S/C15H23N5/c1-2-8-16-12-13-5-3-4-10-19(13)14-7-11-20-15(18-14)6-9-17-20/h6-7,9,11,13,16H,2-5,8,10,12H2,1H3. The summed E-state index contributed by atoms with van der Waals surface area (Å²) >= 11 is 0. The Labute approximate surface area is 120 Å². The molecule has 20 heavy (non-hydrogen) atoms. The third-order valence-electron chi connectivity index (χ3n) is 3.97. The molecule has 0 aliphatic carbocycles. The maximum absolute atomic E-state index is 4.74. The molecule has 2 aromatic rings. The summed E-state index contributed by atoms with van der Waals surface area (Å²) in [5, 5.41) is 7.76. The van der Waals surface area contributed by atoms with Gasteiger partial charge in [0.15, 0.2) is 5.65 Å². The van der Waals surface area contributed by atoms with Gasteiger partial charge in [0.1, 0.15) is 5.82 Å². The second kappa shape index (κ2) is 6.22. The SMILES string of the molecule is CCCNCC1CCCCN1c1ccn2nccc2n1. The van der Waals surface area contributed by atoms with E-state index < -0.39 is 0 Å². The molecule has 0 spiro atoms. The highest BCUT2D eigenvalue weighted by molar-refractivity contribution is 5.48. The topological polar surface area (TPSA) is 45.5 Å². The molecule has 1 aliphatic heterocycles. The van der Waals surface area contributed by atoms with Gasteiger partial charge in [-0.3, -0.25) is 0 Å². The van der Waals surface area contributed by atoms with E-state index in [1.807, 2.05) is 16.8 Å². The van der Waals surface area contributed by atoms with Crippen molar-refractivity contribution in [2.45, 2.75) is 38.6 Å². The van der Waals surface area contributed by atoms with E-state index in [1.54, 1.807) is 6.20 Å². The molecule has 5 heteroatoms. The number of piperidine rings is 1. The summed E-state index contributed by atoms with van der Waals surface area (Å²) in [7, 11) is 0. The van der Waals surface area contributed by atoms with Gasteiger partial charge in [0.05, 0.1) is 6.20 Å². The number of hydrogen-bond donors (Lipinski definition) is 1. The van der Waals surface area contributed by atoms with Crippen LogP contribution < -0.4 is 10.2 Å². The summed E-state index contributed by atoms with van der Waals surface area (Å²) in [6.07, 6.45) is 8.82. The van der Waals surface area contributed by atoms with E-state index in [0.29, 0.717) is 6.04 Å². The monoisotopic (exact) mass is 273 g/mol. The van der Waals surface area contributed by atoms with Crippen LogP contribution in [-0.4, -0.2) is 40.3 Å². The van der Waals surface area contributed by atoms with Crippen LogP contribution in [0.25, 0.3) is 5.65 Å².